The van der Waals surface area contributed by atoms with E-state index in [1.807, 2.05) is 0 Å². The van der Waals surface area contributed by atoms with Crippen molar-refractivity contribution in [1.29, 1.82) is 0 Å². The topological polar surface area (TPSA) is 69.1 Å². The van der Waals surface area contributed by atoms with Crippen LogP contribution >= 0.6 is 24.4 Å². The maximum Gasteiger partial charge on any atom is 0.215 e. The Morgan fingerprint density at radius 1 is 1.12 bits per heavy atom. The molecule has 82 valence electrons. The second-order valence-electron chi connectivity index (χ2n) is 3.01. The summed E-state index contributed by atoms with van der Waals surface area (Å²) in [5, 5.41) is 18.6. The molecule has 0 radical (unpaired) electrons. The highest BCUT2D eigenvalue weighted by Gasteiger charge is 1.93. The Balaban J connectivity index is 2.31. The van der Waals surface area contributed by atoms with Gasteiger partial charge in [-0.3, -0.25) is 10.2 Å². The molecule has 0 saturated carbocycles. The SMILES string of the molecule is Oc1ccc(/C=N/n2c(=S)[nH][nH]c2=S)cc1. The minimum absolute atomic E-state index is 0.215. The fourth-order valence-corrected chi connectivity index (χ4v) is 1.53. The van der Waals surface area contributed by atoms with Crippen molar-refractivity contribution in [2.75, 3.05) is 0 Å². The number of hydrogen-bond donors (Lipinski definition) is 3. The molecule has 0 aliphatic rings. The summed E-state index contributed by atoms with van der Waals surface area (Å²) in [7, 11) is 0. The third kappa shape index (κ3) is 2.26. The number of aromatic nitrogens is 3. The molecule has 1 aromatic heterocycles. The summed E-state index contributed by atoms with van der Waals surface area (Å²) in [6, 6.07) is 6.64. The van der Waals surface area contributed by atoms with E-state index in [1.54, 1.807) is 30.5 Å². The lowest BCUT2D eigenvalue weighted by Gasteiger charge is -1.93. The van der Waals surface area contributed by atoms with Gasteiger partial charge >= 0.3 is 0 Å². The number of nitrogens with one attached hydrogen (secondary N) is 2. The van der Waals surface area contributed by atoms with Crippen LogP contribution in [-0.2, 0) is 0 Å². The Morgan fingerprint density at radius 3 is 2.25 bits per heavy atom. The van der Waals surface area contributed by atoms with Crippen molar-refractivity contribution in [3.05, 3.63) is 39.4 Å². The minimum Gasteiger partial charge on any atom is -0.508 e. The highest BCUT2D eigenvalue weighted by atomic mass is 32.1. The number of rotatable bonds is 2. The Kier molecular flexibility index (Phi) is 2.97. The summed E-state index contributed by atoms with van der Waals surface area (Å²) in [4.78, 5) is 0. The normalized spacial score (nSPS) is 11.0. The van der Waals surface area contributed by atoms with E-state index in [9.17, 15) is 0 Å². The zero-order chi connectivity index (χ0) is 11.5. The largest absolute Gasteiger partial charge is 0.508 e. The van der Waals surface area contributed by atoms with Gasteiger partial charge in [-0.15, -0.1) is 0 Å². The molecule has 2 rings (SSSR count). The Bertz CT molecular complexity index is 592. The highest BCUT2D eigenvalue weighted by molar-refractivity contribution is 7.72. The van der Waals surface area contributed by atoms with E-state index in [1.165, 1.54) is 4.68 Å². The minimum atomic E-state index is 0.215. The predicted octanol–water partition coefficient (Wildman–Crippen LogP) is 2.19. The van der Waals surface area contributed by atoms with Crippen molar-refractivity contribution in [3.63, 3.8) is 0 Å². The molecule has 0 saturated heterocycles. The van der Waals surface area contributed by atoms with E-state index >= 15 is 0 Å². The fourth-order valence-electron chi connectivity index (χ4n) is 1.09. The molecule has 0 atom stereocenters. The van der Waals surface area contributed by atoms with Crippen molar-refractivity contribution < 1.29 is 5.11 Å². The molecule has 3 N–H and O–H groups in total. The summed E-state index contributed by atoms with van der Waals surface area (Å²) in [6.07, 6.45) is 1.60. The maximum atomic E-state index is 9.10. The van der Waals surface area contributed by atoms with E-state index in [0.29, 0.717) is 9.54 Å². The van der Waals surface area contributed by atoms with Crippen LogP contribution in [0.4, 0.5) is 0 Å². The van der Waals surface area contributed by atoms with E-state index in [4.69, 9.17) is 29.5 Å². The van der Waals surface area contributed by atoms with Crippen LogP contribution in [0.3, 0.4) is 0 Å². The third-order valence-electron chi connectivity index (χ3n) is 1.88. The first-order valence-electron chi connectivity index (χ1n) is 4.40. The van der Waals surface area contributed by atoms with Gasteiger partial charge < -0.3 is 5.11 Å². The zero-order valence-electron chi connectivity index (χ0n) is 8.04. The van der Waals surface area contributed by atoms with Crippen LogP contribution in [0.15, 0.2) is 29.4 Å². The van der Waals surface area contributed by atoms with Crippen molar-refractivity contribution in [3.8, 4) is 5.75 Å². The lowest BCUT2D eigenvalue weighted by Crippen LogP contribution is -1.90. The highest BCUT2D eigenvalue weighted by Crippen LogP contribution is 2.07. The van der Waals surface area contributed by atoms with Crippen molar-refractivity contribution in [2.24, 2.45) is 5.10 Å². The molecule has 7 heteroatoms. The van der Waals surface area contributed by atoms with Gasteiger partial charge in [-0.1, -0.05) is 0 Å². The Hall–Kier alpha value is -1.73. The number of H-pyrrole nitrogens is 2. The van der Waals surface area contributed by atoms with E-state index in [0.717, 1.165) is 5.56 Å². The lowest BCUT2D eigenvalue weighted by atomic mass is 10.2. The molecule has 0 unspecified atom stereocenters. The van der Waals surface area contributed by atoms with Crippen molar-refractivity contribution >= 4 is 30.7 Å². The molecule has 0 fully saturated rings. The van der Waals surface area contributed by atoms with Crippen LogP contribution in [0, 0.1) is 9.54 Å². The van der Waals surface area contributed by atoms with Gasteiger partial charge in [0.25, 0.3) is 0 Å². The van der Waals surface area contributed by atoms with Gasteiger partial charge in [0.1, 0.15) is 5.75 Å². The standard InChI is InChI=1S/C9H8N4OS2/c14-7-3-1-6(2-4-7)5-10-13-8(15)11-12-9(13)16/h1-5,14H,(H,11,15)(H,12,16)/b10-5+. The molecule has 2 aromatic rings. The van der Waals surface area contributed by atoms with Crippen molar-refractivity contribution in [1.82, 2.24) is 14.9 Å². The number of nitrogens with zero attached hydrogens (tertiary/aromatic N) is 2. The summed E-state index contributed by atoms with van der Waals surface area (Å²) >= 11 is 9.93. The molecule has 1 aromatic carbocycles. The third-order valence-corrected chi connectivity index (χ3v) is 2.43. The van der Waals surface area contributed by atoms with Gasteiger partial charge in [-0.2, -0.15) is 9.78 Å². The van der Waals surface area contributed by atoms with Crippen LogP contribution < -0.4 is 0 Å². The number of aromatic hydroxyl groups is 1. The molecule has 5 nitrogen and oxygen atoms in total. The Morgan fingerprint density at radius 2 is 1.69 bits per heavy atom. The molecule has 16 heavy (non-hydrogen) atoms. The molecule has 0 amide bonds. The first-order valence-corrected chi connectivity index (χ1v) is 5.21. The first-order chi connectivity index (χ1) is 7.66. The Labute approximate surface area is 101 Å². The number of phenols is 1. The number of benzene rings is 1. The van der Waals surface area contributed by atoms with Crippen molar-refractivity contribution in [2.45, 2.75) is 0 Å². The molecular formula is C9H8N4OS2. The molecule has 0 aliphatic carbocycles. The summed E-state index contributed by atoms with van der Waals surface area (Å²) in [5.41, 5.74) is 0.843. The van der Waals surface area contributed by atoms with Crippen LogP contribution in [0.25, 0.3) is 0 Å². The number of hydrogen-bond acceptors (Lipinski definition) is 4. The van der Waals surface area contributed by atoms with E-state index in [-0.39, 0.29) is 5.75 Å². The fraction of sp³-hybridized carbons (Fsp3) is 0. The predicted molar refractivity (Wildman–Crippen MR) is 65.9 cm³/mol. The van der Waals surface area contributed by atoms with Crippen LogP contribution in [0.2, 0.25) is 0 Å². The van der Waals surface area contributed by atoms with Crippen LogP contribution in [0.5, 0.6) is 5.75 Å². The smallest absolute Gasteiger partial charge is 0.215 e. The van der Waals surface area contributed by atoms with Gasteiger partial charge in [-0.25, -0.2) is 0 Å². The average molecular weight is 252 g/mol. The first kappa shape index (κ1) is 10.8. The van der Waals surface area contributed by atoms with E-state index < -0.39 is 0 Å². The molecule has 0 aliphatic heterocycles. The van der Waals surface area contributed by atoms with Gasteiger partial charge in [-0.05, 0) is 54.3 Å². The van der Waals surface area contributed by atoms with Crippen LogP contribution in [0.1, 0.15) is 5.56 Å². The molecular weight excluding hydrogens is 244 g/mol. The molecule has 0 spiro atoms. The monoisotopic (exact) mass is 252 g/mol. The number of aromatic amines is 2. The molecule has 1 heterocycles. The quantitative estimate of drug-likeness (QED) is 0.567. The maximum absolute atomic E-state index is 9.10. The van der Waals surface area contributed by atoms with Gasteiger partial charge in [0.05, 0.1) is 6.21 Å². The van der Waals surface area contributed by atoms with Gasteiger partial charge in [0, 0.05) is 0 Å². The molecule has 0 bridgehead atoms. The van der Waals surface area contributed by atoms with E-state index in [2.05, 4.69) is 15.3 Å². The van der Waals surface area contributed by atoms with Gasteiger partial charge in [0.2, 0.25) is 9.54 Å². The second-order valence-corrected chi connectivity index (χ2v) is 3.78. The van der Waals surface area contributed by atoms with Gasteiger partial charge in [0.15, 0.2) is 0 Å². The second kappa shape index (κ2) is 4.42. The van der Waals surface area contributed by atoms with Crippen LogP contribution in [-0.4, -0.2) is 26.2 Å². The summed E-state index contributed by atoms with van der Waals surface area (Å²) in [6.45, 7) is 0. The summed E-state index contributed by atoms with van der Waals surface area (Å²) in [5.74, 6) is 0.215. The number of phenolic OH excluding ortho intramolecular Hbond substituents is 1. The summed E-state index contributed by atoms with van der Waals surface area (Å²) < 4.78 is 2.21. The average Bonchev–Trinajstić information content (AvgIpc) is 2.59. The lowest BCUT2D eigenvalue weighted by molar-refractivity contribution is 0.475. The zero-order valence-corrected chi connectivity index (χ0v) is 9.68.